The molecule has 0 aliphatic rings. The van der Waals surface area contributed by atoms with Crippen LogP contribution in [-0.2, 0) is 65.4 Å². The van der Waals surface area contributed by atoms with Crippen LogP contribution in [0.5, 0.6) is 0 Å². The maximum Gasteiger partial charge on any atom is 0.472 e. The summed E-state index contributed by atoms with van der Waals surface area (Å²) in [5.41, 5.74) is 0. The molecule has 19 heteroatoms. The van der Waals surface area contributed by atoms with Crippen molar-refractivity contribution in [2.24, 2.45) is 11.8 Å². The van der Waals surface area contributed by atoms with E-state index in [9.17, 15) is 43.2 Å². The molecule has 0 aromatic carbocycles. The Hall–Kier alpha value is -1.94. The van der Waals surface area contributed by atoms with E-state index in [0.717, 1.165) is 102 Å². The molecule has 17 nitrogen and oxygen atoms in total. The first-order chi connectivity index (χ1) is 52.9. The Morgan fingerprint density at radius 2 is 0.440 bits per heavy atom. The predicted molar refractivity (Wildman–Crippen MR) is 451 cm³/mol. The second-order valence-electron chi connectivity index (χ2n) is 32.8. The van der Waals surface area contributed by atoms with Gasteiger partial charge in [0, 0.05) is 25.7 Å². The minimum Gasteiger partial charge on any atom is -0.462 e. The topological polar surface area (TPSA) is 237 Å². The SMILES string of the molecule is CCCCCCCCCCCCCCCCCCCCC(=O)OC[C@H](COP(=O)(O)OC[C@@H](O)COP(=O)(O)OC[C@@H](COC(=O)CCCCCCCCCCC(C)CC)OC(=O)CCCCCCCCCCCCCCCCCCC)OC(=O)CCCCCCCCCCCCCCCCCCCCC(C)CC. The molecule has 0 rings (SSSR count). The van der Waals surface area contributed by atoms with Crippen LogP contribution in [0.3, 0.4) is 0 Å². The molecule has 0 spiro atoms. The summed E-state index contributed by atoms with van der Waals surface area (Å²) < 4.78 is 69.1. The average molecular weight is 1590 g/mol. The molecule has 0 aliphatic carbocycles. The summed E-state index contributed by atoms with van der Waals surface area (Å²) in [5, 5.41) is 10.7. The van der Waals surface area contributed by atoms with Gasteiger partial charge in [0.2, 0.25) is 0 Å². The third-order valence-electron chi connectivity index (χ3n) is 21.9. The van der Waals surface area contributed by atoms with E-state index in [2.05, 4.69) is 41.5 Å². The molecule has 648 valence electrons. The number of ether oxygens (including phenoxy) is 4. The van der Waals surface area contributed by atoms with Gasteiger partial charge in [0.25, 0.3) is 0 Å². The Morgan fingerprint density at radius 1 is 0.257 bits per heavy atom. The van der Waals surface area contributed by atoms with Crippen LogP contribution in [0.1, 0.15) is 485 Å². The van der Waals surface area contributed by atoms with Gasteiger partial charge in [-0.15, -0.1) is 0 Å². The number of aliphatic hydroxyl groups excluding tert-OH is 1. The fourth-order valence-corrected chi connectivity index (χ4v) is 15.6. The first kappa shape index (κ1) is 107. The molecule has 0 saturated carbocycles. The van der Waals surface area contributed by atoms with Crippen LogP contribution in [-0.4, -0.2) is 96.7 Å². The van der Waals surface area contributed by atoms with Gasteiger partial charge in [0.05, 0.1) is 26.4 Å². The van der Waals surface area contributed by atoms with E-state index >= 15 is 0 Å². The lowest BCUT2D eigenvalue weighted by atomic mass is 9.99. The van der Waals surface area contributed by atoms with E-state index in [4.69, 9.17) is 37.0 Å². The number of aliphatic hydroxyl groups is 1. The van der Waals surface area contributed by atoms with Crippen LogP contribution >= 0.6 is 15.6 Å². The Balaban J connectivity index is 5.25. The summed E-state index contributed by atoms with van der Waals surface area (Å²) in [5.74, 6) is -0.448. The molecule has 0 aromatic heterocycles. The third kappa shape index (κ3) is 81.0. The number of phosphoric ester groups is 2. The maximum atomic E-state index is 13.2. The summed E-state index contributed by atoms with van der Waals surface area (Å²) in [4.78, 5) is 73.4. The number of hydrogen-bond donors (Lipinski definition) is 3. The van der Waals surface area contributed by atoms with E-state index in [-0.39, 0.29) is 25.7 Å². The van der Waals surface area contributed by atoms with Gasteiger partial charge in [-0.1, -0.05) is 433 Å². The van der Waals surface area contributed by atoms with Gasteiger partial charge in [0.15, 0.2) is 12.2 Å². The molecule has 0 aromatic rings. The smallest absolute Gasteiger partial charge is 0.462 e. The normalized spacial score (nSPS) is 14.2. The molecule has 0 saturated heterocycles. The van der Waals surface area contributed by atoms with Crippen LogP contribution in [0.4, 0.5) is 0 Å². The second-order valence-corrected chi connectivity index (χ2v) is 35.7. The molecular formula is C90H176O17P2. The van der Waals surface area contributed by atoms with E-state index in [1.54, 1.807) is 0 Å². The summed E-state index contributed by atoms with van der Waals surface area (Å²) in [6, 6.07) is 0. The highest BCUT2D eigenvalue weighted by atomic mass is 31.2. The Labute approximate surface area is 670 Å². The third-order valence-corrected chi connectivity index (χ3v) is 23.8. The predicted octanol–water partition coefficient (Wildman–Crippen LogP) is 27.8. The molecule has 4 unspecified atom stereocenters. The summed E-state index contributed by atoms with van der Waals surface area (Å²) >= 11 is 0. The number of unbranched alkanes of at least 4 members (excludes halogenated alkanes) is 57. The molecule has 0 heterocycles. The largest absolute Gasteiger partial charge is 0.472 e. The molecule has 0 amide bonds. The molecule has 7 atom stereocenters. The van der Waals surface area contributed by atoms with Gasteiger partial charge in [-0.2, -0.15) is 0 Å². The molecule has 0 bridgehead atoms. The number of carbonyl (C=O) groups is 4. The van der Waals surface area contributed by atoms with Crippen LogP contribution < -0.4 is 0 Å². The van der Waals surface area contributed by atoms with Crippen molar-refractivity contribution in [2.45, 2.75) is 503 Å². The van der Waals surface area contributed by atoms with Crippen LogP contribution in [0.25, 0.3) is 0 Å². The second kappa shape index (κ2) is 81.2. The lowest BCUT2D eigenvalue weighted by Crippen LogP contribution is -2.30. The fraction of sp³-hybridized carbons (Fsp3) is 0.956. The minimum atomic E-state index is -4.97. The van der Waals surface area contributed by atoms with E-state index in [0.29, 0.717) is 25.7 Å². The molecule has 109 heavy (non-hydrogen) atoms. The van der Waals surface area contributed by atoms with E-state index < -0.39 is 97.5 Å². The zero-order valence-electron chi connectivity index (χ0n) is 71.9. The van der Waals surface area contributed by atoms with E-state index in [1.165, 1.54) is 302 Å². The summed E-state index contributed by atoms with van der Waals surface area (Å²) in [6.07, 6.45) is 74.9. The monoisotopic (exact) mass is 1590 g/mol. The zero-order valence-corrected chi connectivity index (χ0v) is 73.7. The molecule has 0 aliphatic heterocycles. The number of rotatable bonds is 89. The molecular weight excluding hydrogens is 1410 g/mol. The quantitative estimate of drug-likeness (QED) is 0.0222. The Bertz CT molecular complexity index is 2080. The number of phosphoric acid groups is 2. The standard InChI is InChI=1S/C90H176O17P2/c1-7-11-13-15-17-19-21-23-25-27-32-35-39-43-47-54-60-66-72-87(92)100-78-85(106-89(94)74-69-63-57-49-45-41-37-33-29-28-31-34-38-42-46-52-58-64-70-82(5)9-3)80-104-108(96,97)102-76-84(91)77-103-109(98,99)105-81-86(79-101-88(93)73-67-61-55-51-50-53-59-65-71-83(6)10-4)107-90(95)75-68-62-56-48-44-40-36-30-26-24-22-20-18-16-14-12-8-2/h82-86,91H,7-81H2,1-6H3,(H,96,97)(H,98,99)/t82?,83?,84-,85-,86-/m1/s1. The number of hydrogen-bond acceptors (Lipinski definition) is 15. The molecule has 0 fully saturated rings. The number of carbonyl (C=O) groups excluding carboxylic acids is 4. The highest BCUT2D eigenvalue weighted by Crippen LogP contribution is 2.45. The van der Waals surface area contributed by atoms with Gasteiger partial charge < -0.3 is 33.8 Å². The van der Waals surface area contributed by atoms with Crippen molar-refractivity contribution in [3.63, 3.8) is 0 Å². The van der Waals surface area contributed by atoms with Crippen LogP contribution in [0, 0.1) is 11.8 Å². The lowest BCUT2D eigenvalue weighted by Gasteiger charge is -2.21. The van der Waals surface area contributed by atoms with Gasteiger partial charge in [0.1, 0.15) is 19.3 Å². The summed E-state index contributed by atoms with van der Waals surface area (Å²) in [6.45, 7) is 9.77. The van der Waals surface area contributed by atoms with Crippen molar-refractivity contribution in [2.75, 3.05) is 39.6 Å². The average Bonchev–Trinajstić information content (AvgIpc) is 0.900. The van der Waals surface area contributed by atoms with Crippen molar-refractivity contribution in [1.82, 2.24) is 0 Å². The minimum absolute atomic E-state index is 0.108. The van der Waals surface area contributed by atoms with Gasteiger partial charge in [-0.05, 0) is 37.5 Å². The summed E-state index contributed by atoms with van der Waals surface area (Å²) in [7, 11) is -9.93. The lowest BCUT2D eigenvalue weighted by molar-refractivity contribution is -0.161. The van der Waals surface area contributed by atoms with Crippen LogP contribution in [0.15, 0.2) is 0 Å². The van der Waals surface area contributed by atoms with Crippen molar-refractivity contribution < 1.29 is 80.2 Å². The van der Waals surface area contributed by atoms with Gasteiger partial charge in [-0.3, -0.25) is 37.3 Å². The number of esters is 4. The van der Waals surface area contributed by atoms with Crippen molar-refractivity contribution in [3.8, 4) is 0 Å². The highest BCUT2D eigenvalue weighted by Gasteiger charge is 2.31. The van der Waals surface area contributed by atoms with Crippen molar-refractivity contribution in [3.05, 3.63) is 0 Å². The molecule has 3 N–H and O–H groups in total. The Morgan fingerprint density at radius 3 is 0.651 bits per heavy atom. The first-order valence-corrected chi connectivity index (χ1v) is 49.6. The van der Waals surface area contributed by atoms with Gasteiger partial charge in [-0.25, -0.2) is 9.13 Å². The maximum absolute atomic E-state index is 13.2. The van der Waals surface area contributed by atoms with E-state index in [1.807, 2.05) is 0 Å². The fourth-order valence-electron chi connectivity index (χ4n) is 14.1. The van der Waals surface area contributed by atoms with Crippen molar-refractivity contribution in [1.29, 1.82) is 0 Å². The first-order valence-electron chi connectivity index (χ1n) is 46.6. The van der Waals surface area contributed by atoms with Crippen LogP contribution in [0.2, 0.25) is 0 Å². The van der Waals surface area contributed by atoms with Gasteiger partial charge >= 0.3 is 39.5 Å². The van der Waals surface area contributed by atoms with Crippen molar-refractivity contribution >= 4 is 39.5 Å². The molecule has 0 radical (unpaired) electrons. The Kier molecular flexibility index (Phi) is 79.8. The zero-order chi connectivity index (χ0) is 79.9. The highest BCUT2D eigenvalue weighted by molar-refractivity contribution is 7.47.